The topological polar surface area (TPSA) is 29.5 Å². The minimum atomic E-state index is -0.459. The molecule has 0 aliphatic rings. The Morgan fingerprint density at radius 1 is 1.22 bits per heavy atom. The lowest BCUT2D eigenvalue weighted by molar-refractivity contribution is 0.0277. The van der Waals surface area contributed by atoms with Crippen LogP contribution in [-0.2, 0) is 4.74 Å². The Morgan fingerprint density at radius 3 is 2.00 bits per heavy atom. The standard InChI is InChI=1S/C15H27NO2/c1-9-16(14(17)18-15(6,7)8)10-13(11(2)3)12(4)5/h2,9-10H2,1,3-8H3. The van der Waals surface area contributed by atoms with Crippen molar-refractivity contribution in [3.05, 3.63) is 23.3 Å². The van der Waals surface area contributed by atoms with Crippen molar-refractivity contribution in [2.24, 2.45) is 0 Å². The van der Waals surface area contributed by atoms with E-state index in [9.17, 15) is 4.79 Å². The first-order chi connectivity index (χ1) is 8.08. The van der Waals surface area contributed by atoms with Gasteiger partial charge in [-0.3, -0.25) is 0 Å². The molecule has 0 rings (SSSR count). The van der Waals surface area contributed by atoms with Crippen LogP contribution in [0.4, 0.5) is 4.79 Å². The van der Waals surface area contributed by atoms with Gasteiger partial charge < -0.3 is 9.64 Å². The van der Waals surface area contributed by atoms with Gasteiger partial charge in [0.05, 0.1) is 0 Å². The molecule has 0 N–H and O–H groups in total. The van der Waals surface area contributed by atoms with Crippen molar-refractivity contribution in [2.75, 3.05) is 13.1 Å². The molecule has 3 heteroatoms. The summed E-state index contributed by atoms with van der Waals surface area (Å²) < 4.78 is 5.39. The molecule has 0 fully saturated rings. The van der Waals surface area contributed by atoms with Crippen molar-refractivity contribution in [3.63, 3.8) is 0 Å². The van der Waals surface area contributed by atoms with E-state index in [2.05, 4.69) is 6.58 Å². The van der Waals surface area contributed by atoms with Crippen molar-refractivity contribution < 1.29 is 9.53 Å². The molecular weight excluding hydrogens is 226 g/mol. The van der Waals surface area contributed by atoms with E-state index in [1.165, 1.54) is 5.57 Å². The number of likely N-dealkylation sites (N-methyl/N-ethyl adjacent to an activating group) is 1. The van der Waals surface area contributed by atoms with E-state index in [0.29, 0.717) is 13.1 Å². The van der Waals surface area contributed by atoms with Gasteiger partial charge in [0.15, 0.2) is 0 Å². The minimum Gasteiger partial charge on any atom is -0.444 e. The number of ether oxygens (including phenoxy) is 1. The lowest BCUT2D eigenvalue weighted by Gasteiger charge is -2.27. The van der Waals surface area contributed by atoms with Crippen LogP contribution in [0, 0.1) is 0 Å². The van der Waals surface area contributed by atoms with Gasteiger partial charge in [0.1, 0.15) is 5.60 Å². The third-order valence-corrected chi connectivity index (χ3v) is 2.50. The third kappa shape index (κ3) is 5.89. The number of allylic oxidation sites excluding steroid dienone is 1. The van der Waals surface area contributed by atoms with Gasteiger partial charge in [-0.1, -0.05) is 17.7 Å². The smallest absolute Gasteiger partial charge is 0.410 e. The van der Waals surface area contributed by atoms with Crippen molar-refractivity contribution in [1.29, 1.82) is 0 Å². The number of amides is 1. The molecule has 0 spiro atoms. The highest BCUT2D eigenvalue weighted by atomic mass is 16.6. The van der Waals surface area contributed by atoms with Crippen LogP contribution in [-0.4, -0.2) is 29.7 Å². The Labute approximate surface area is 112 Å². The normalized spacial score (nSPS) is 10.8. The Balaban J connectivity index is 4.86. The van der Waals surface area contributed by atoms with Crippen LogP contribution in [0.2, 0.25) is 0 Å². The van der Waals surface area contributed by atoms with E-state index < -0.39 is 5.60 Å². The van der Waals surface area contributed by atoms with Gasteiger partial charge in [0, 0.05) is 13.1 Å². The van der Waals surface area contributed by atoms with Crippen LogP contribution < -0.4 is 0 Å². The highest BCUT2D eigenvalue weighted by Gasteiger charge is 2.22. The molecule has 0 aliphatic carbocycles. The predicted octanol–water partition coefficient (Wildman–Crippen LogP) is 4.16. The molecule has 1 amide bonds. The maximum absolute atomic E-state index is 12.0. The summed E-state index contributed by atoms with van der Waals surface area (Å²) in [5.74, 6) is 0. The van der Waals surface area contributed by atoms with Crippen molar-refractivity contribution >= 4 is 6.09 Å². The Hall–Kier alpha value is -1.25. The Kier molecular flexibility index (Phi) is 6.16. The van der Waals surface area contributed by atoms with E-state index >= 15 is 0 Å². The number of hydrogen-bond acceptors (Lipinski definition) is 2. The summed E-state index contributed by atoms with van der Waals surface area (Å²) in [5, 5.41) is 0. The summed E-state index contributed by atoms with van der Waals surface area (Å²) in [7, 11) is 0. The molecule has 0 atom stereocenters. The molecule has 0 aromatic heterocycles. The first-order valence-corrected chi connectivity index (χ1v) is 6.38. The highest BCUT2D eigenvalue weighted by Crippen LogP contribution is 2.16. The minimum absolute atomic E-state index is 0.273. The summed E-state index contributed by atoms with van der Waals surface area (Å²) in [5.41, 5.74) is 2.84. The second-order valence-corrected chi connectivity index (χ2v) is 5.75. The van der Waals surface area contributed by atoms with E-state index in [1.54, 1.807) is 4.90 Å². The monoisotopic (exact) mass is 253 g/mol. The van der Waals surface area contributed by atoms with Crippen LogP contribution in [0.25, 0.3) is 0 Å². The zero-order chi connectivity index (χ0) is 14.5. The van der Waals surface area contributed by atoms with Gasteiger partial charge in [-0.05, 0) is 54.0 Å². The van der Waals surface area contributed by atoms with E-state index in [0.717, 1.165) is 11.1 Å². The fraction of sp³-hybridized carbons (Fsp3) is 0.667. The first kappa shape index (κ1) is 16.8. The van der Waals surface area contributed by atoms with Gasteiger partial charge in [0.25, 0.3) is 0 Å². The molecule has 0 unspecified atom stereocenters. The highest BCUT2D eigenvalue weighted by molar-refractivity contribution is 5.68. The number of rotatable bonds is 4. The van der Waals surface area contributed by atoms with Gasteiger partial charge in [-0.25, -0.2) is 4.79 Å². The van der Waals surface area contributed by atoms with Gasteiger partial charge in [0.2, 0.25) is 0 Å². The summed E-state index contributed by atoms with van der Waals surface area (Å²) in [6, 6.07) is 0. The average Bonchev–Trinajstić information content (AvgIpc) is 2.14. The summed E-state index contributed by atoms with van der Waals surface area (Å²) in [4.78, 5) is 13.7. The molecule has 3 nitrogen and oxygen atoms in total. The second kappa shape index (κ2) is 6.62. The van der Waals surface area contributed by atoms with E-state index in [-0.39, 0.29) is 6.09 Å². The maximum atomic E-state index is 12.0. The van der Waals surface area contributed by atoms with Crippen LogP contribution in [0.3, 0.4) is 0 Å². The Morgan fingerprint density at radius 2 is 1.72 bits per heavy atom. The average molecular weight is 253 g/mol. The molecule has 0 saturated carbocycles. The second-order valence-electron chi connectivity index (χ2n) is 5.75. The predicted molar refractivity (Wildman–Crippen MR) is 76.7 cm³/mol. The largest absolute Gasteiger partial charge is 0.444 e. The van der Waals surface area contributed by atoms with Crippen LogP contribution in [0.15, 0.2) is 23.3 Å². The van der Waals surface area contributed by atoms with Crippen LogP contribution in [0.5, 0.6) is 0 Å². The molecule has 0 heterocycles. The summed E-state index contributed by atoms with van der Waals surface area (Å²) >= 11 is 0. The molecule has 0 aromatic rings. The molecule has 0 saturated heterocycles. The Bertz CT molecular complexity index is 344. The fourth-order valence-electron chi connectivity index (χ4n) is 1.54. The zero-order valence-electron chi connectivity index (χ0n) is 12.9. The van der Waals surface area contributed by atoms with E-state index in [1.807, 2.05) is 48.5 Å². The molecule has 104 valence electrons. The maximum Gasteiger partial charge on any atom is 0.410 e. The number of carbonyl (C=O) groups is 1. The van der Waals surface area contributed by atoms with E-state index in [4.69, 9.17) is 4.74 Å². The lowest BCUT2D eigenvalue weighted by atomic mass is 10.0. The van der Waals surface area contributed by atoms with Gasteiger partial charge >= 0.3 is 6.09 Å². The molecule has 0 bridgehead atoms. The van der Waals surface area contributed by atoms with Crippen molar-refractivity contribution in [2.45, 2.75) is 54.1 Å². The van der Waals surface area contributed by atoms with Crippen LogP contribution in [0.1, 0.15) is 48.5 Å². The SMILES string of the molecule is C=C(C)C(CN(CC)C(=O)OC(C)(C)C)=C(C)C. The number of nitrogens with zero attached hydrogens (tertiary/aromatic N) is 1. The summed E-state index contributed by atoms with van der Waals surface area (Å²) in [6.45, 7) is 18.7. The number of hydrogen-bond donors (Lipinski definition) is 0. The van der Waals surface area contributed by atoms with Crippen LogP contribution >= 0.6 is 0 Å². The van der Waals surface area contributed by atoms with Gasteiger partial charge in [-0.2, -0.15) is 0 Å². The molecule has 0 radical (unpaired) electrons. The zero-order valence-corrected chi connectivity index (χ0v) is 12.9. The fourth-order valence-corrected chi connectivity index (χ4v) is 1.54. The molecule has 0 aliphatic heterocycles. The van der Waals surface area contributed by atoms with Crippen molar-refractivity contribution in [1.82, 2.24) is 4.90 Å². The third-order valence-electron chi connectivity index (χ3n) is 2.50. The molecule has 0 aromatic carbocycles. The van der Waals surface area contributed by atoms with Gasteiger partial charge in [-0.15, -0.1) is 0 Å². The quantitative estimate of drug-likeness (QED) is 0.704. The van der Waals surface area contributed by atoms with Crippen molar-refractivity contribution in [3.8, 4) is 0 Å². The summed E-state index contributed by atoms with van der Waals surface area (Å²) in [6.07, 6.45) is -0.273. The lowest BCUT2D eigenvalue weighted by Crippen LogP contribution is -2.38. The first-order valence-electron chi connectivity index (χ1n) is 6.38. The molecular formula is C15H27NO2. The number of carbonyl (C=O) groups excluding carboxylic acids is 1. The molecule has 18 heavy (non-hydrogen) atoms.